The number of aliphatic hydroxyl groups is 1. The molecule has 15 heavy (non-hydrogen) atoms. The number of rotatable bonds is 3. The van der Waals surface area contributed by atoms with E-state index in [4.69, 9.17) is 5.11 Å². The van der Waals surface area contributed by atoms with Crippen LogP contribution in [0.3, 0.4) is 0 Å². The molecule has 2 rings (SSSR count). The predicted molar refractivity (Wildman–Crippen MR) is 61.6 cm³/mol. The zero-order valence-electron chi connectivity index (χ0n) is 8.56. The summed E-state index contributed by atoms with van der Waals surface area (Å²) >= 11 is 0. The van der Waals surface area contributed by atoms with E-state index < -0.39 is 0 Å². The molecular weight excluding hydrogens is 184 g/mol. The molecule has 0 aliphatic rings. The second-order valence-corrected chi connectivity index (χ2v) is 3.64. The van der Waals surface area contributed by atoms with Crippen molar-refractivity contribution in [2.75, 3.05) is 0 Å². The normalized spacial score (nSPS) is 10.2. The van der Waals surface area contributed by atoms with Gasteiger partial charge in [-0.3, -0.25) is 0 Å². The average molecular weight is 198 g/mol. The van der Waals surface area contributed by atoms with Crippen LogP contribution in [0.5, 0.6) is 0 Å². The number of aliphatic hydroxyl groups excluding tert-OH is 1. The van der Waals surface area contributed by atoms with Gasteiger partial charge in [0, 0.05) is 0 Å². The second kappa shape index (κ2) is 4.76. The van der Waals surface area contributed by atoms with Gasteiger partial charge in [-0.15, -0.1) is 0 Å². The maximum Gasteiger partial charge on any atom is 0.0681 e. The van der Waals surface area contributed by atoms with Crippen molar-refractivity contribution in [3.63, 3.8) is 0 Å². The van der Waals surface area contributed by atoms with Crippen LogP contribution in [0.2, 0.25) is 0 Å². The first-order chi connectivity index (χ1) is 7.38. The van der Waals surface area contributed by atoms with Crippen LogP contribution in [0.25, 0.3) is 0 Å². The van der Waals surface area contributed by atoms with Crippen molar-refractivity contribution in [2.45, 2.75) is 13.0 Å². The Bertz CT molecular complexity index is 420. The van der Waals surface area contributed by atoms with Crippen molar-refractivity contribution in [1.29, 1.82) is 0 Å². The SMILES string of the molecule is OCc1cccc(Cc2ccccc2)c1. The Labute approximate surface area is 90.0 Å². The number of benzene rings is 2. The van der Waals surface area contributed by atoms with Gasteiger partial charge in [-0.05, 0) is 23.1 Å². The first-order valence-corrected chi connectivity index (χ1v) is 5.11. The molecule has 0 aliphatic heterocycles. The van der Waals surface area contributed by atoms with E-state index in [-0.39, 0.29) is 6.61 Å². The fourth-order valence-electron chi connectivity index (χ4n) is 1.67. The second-order valence-electron chi connectivity index (χ2n) is 3.64. The first-order valence-electron chi connectivity index (χ1n) is 5.11. The van der Waals surface area contributed by atoms with Gasteiger partial charge >= 0.3 is 0 Å². The van der Waals surface area contributed by atoms with Crippen LogP contribution in [0.15, 0.2) is 54.6 Å². The molecule has 0 radical (unpaired) electrons. The molecule has 0 atom stereocenters. The minimum atomic E-state index is 0.114. The number of hydrogen-bond donors (Lipinski definition) is 1. The lowest BCUT2D eigenvalue weighted by atomic mass is 10.0. The Morgan fingerprint density at radius 3 is 2.13 bits per heavy atom. The van der Waals surface area contributed by atoms with E-state index in [2.05, 4.69) is 18.2 Å². The summed E-state index contributed by atoms with van der Waals surface area (Å²) in [6.07, 6.45) is 0.925. The van der Waals surface area contributed by atoms with E-state index in [1.807, 2.05) is 36.4 Å². The standard InChI is InChI=1S/C14H14O/c15-11-14-8-4-7-13(10-14)9-12-5-2-1-3-6-12/h1-8,10,15H,9,11H2. The summed E-state index contributed by atoms with van der Waals surface area (Å²) < 4.78 is 0. The van der Waals surface area contributed by atoms with Crippen LogP contribution in [0.1, 0.15) is 16.7 Å². The van der Waals surface area contributed by atoms with E-state index in [0.29, 0.717) is 0 Å². The highest BCUT2D eigenvalue weighted by molar-refractivity contribution is 5.29. The Hall–Kier alpha value is -1.60. The van der Waals surface area contributed by atoms with Crippen LogP contribution >= 0.6 is 0 Å². The summed E-state index contributed by atoms with van der Waals surface area (Å²) in [6, 6.07) is 18.4. The molecule has 0 aliphatic carbocycles. The van der Waals surface area contributed by atoms with Crippen molar-refractivity contribution in [1.82, 2.24) is 0 Å². The van der Waals surface area contributed by atoms with Gasteiger partial charge in [-0.2, -0.15) is 0 Å². The molecule has 0 fully saturated rings. The highest BCUT2D eigenvalue weighted by atomic mass is 16.3. The van der Waals surface area contributed by atoms with E-state index >= 15 is 0 Å². The Morgan fingerprint density at radius 2 is 1.40 bits per heavy atom. The maximum absolute atomic E-state index is 9.03. The highest BCUT2D eigenvalue weighted by Gasteiger charge is 1.96. The molecule has 0 spiro atoms. The third-order valence-electron chi connectivity index (χ3n) is 2.43. The van der Waals surface area contributed by atoms with E-state index in [0.717, 1.165) is 12.0 Å². The lowest BCUT2D eigenvalue weighted by Gasteiger charge is -2.03. The molecule has 0 aromatic heterocycles. The molecule has 0 bridgehead atoms. The molecule has 1 heteroatoms. The predicted octanol–water partition coefficient (Wildman–Crippen LogP) is 2.77. The molecule has 0 unspecified atom stereocenters. The minimum absolute atomic E-state index is 0.114. The fraction of sp³-hybridized carbons (Fsp3) is 0.143. The van der Waals surface area contributed by atoms with Crippen molar-refractivity contribution in [2.24, 2.45) is 0 Å². The summed E-state index contributed by atoms with van der Waals surface area (Å²) in [5, 5.41) is 9.03. The molecular formula is C14H14O. The van der Waals surface area contributed by atoms with E-state index in [1.165, 1.54) is 11.1 Å². The van der Waals surface area contributed by atoms with Gasteiger partial charge in [0.2, 0.25) is 0 Å². The summed E-state index contributed by atoms with van der Waals surface area (Å²) in [5.74, 6) is 0. The third kappa shape index (κ3) is 2.67. The van der Waals surface area contributed by atoms with Crippen molar-refractivity contribution in [3.05, 3.63) is 71.3 Å². The van der Waals surface area contributed by atoms with Gasteiger partial charge in [0.25, 0.3) is 0 Å². The van der Waals surface area contributed by atoms with E-state index in [9.17, 15) is 0 Å². The summed E-state index contributed by atoms with van der Waals surface area (Å²) in [7, 11) is 0. The van der Waals surface area contributed by atoms with Crippen molar-refractivity contribution >= 4 is 0 Å². The van der Waals surface area contributed by atoms with Gasteiger partial charge in [0.15, 0.2) is 0 Å². The number of hydrogen-bond acceptors (Lipinski definition) is 1. The Kier molecular flexibility index (Phi) is 3.15. The fourth-order valence-corrected chi connectivity index (χ4v) is 1.67. The van der Waals surface area contributed by atoms with Gasteiger partial charge in [-0.1, -0.05) is 54.6 Å². The summed E-state index contributed by atoms with van der Waals surface area (Å²) in [6.45, 7) is 0.114. The molecule has 1 nitrogen and oxygen atoms in total. The average Bonchev–Trinajstić information content (AvgIpc) is 2.31. The molecule has 76 valence electrons. The molecule has 1 N–H and O–H groups in total. The smallest absolute Gasteiger partial charge is 0.0681 e. The monoisotopic (exact) mass is 198 g/mol. The van der Waals surface area contributed by atoms with E-state index in [1.54, 1.807) is 0 Å². The van der Waals surface area contributed by atoms with Crippen LogP contribution in [-0.2, 0) is 13.0 Å². The lowest BCUT2D eigenvalue weighted by Crippen LogP contribution is -1.90. The zero-order chi connectivity index (χ0) is 10.5. The van der Waals surface area contributed by atoms with Crippen LogP contribution in [-0.4, -0.2) is 5.11 Å². The Morgan fingerprint density at radius 1 is 0.733 bits per heavy atom. The molecule has 2 aromatic rings. The minimum Gasteiger partial charge on any atom is -0.392 e. The molecule has 2 aromatic carbocycles. The first kappa shape index (κ1) is 9.94. The molecule has 0 heterocycles. The highest BCUT2D eigenvalue weighted by Crippen LogP contribution is 2.11. The summed E-state index contributed by atoms with van der Waals surface area (Å²) in [4.78, 5) is 0. The van der Waals surface area contributed by atoms with Crippen molar-refractivity contribution < 1.29 is 5.11 Å². The maximum atomic E-state index is 9.03. The van der Waals surface area contributed by atoms with Gasteiger partial charge < -0.3 is 5.11 Å². The third-order valence-corrected chi connectivity index (χ3v) is 2.43. The zero-order valence-corrected chi connectivity index (χ0v) is 8.56. The molecule has 0 amide bonds. The molecule has 0 saturated carbocycles. The lowest BCUT2D eigenvalue weighted by molar-refractivity contribution is 0.281. The molecule has 0 saturated heterocycles. The van der Waals surface area contributed by atoms with Crippen molar-refractivity contribution in [3.8, 4) is 0 Å². The van der Waals surface area contributed by atoms with Crippen LogP contribution in [0.4, 0.5) is 0 Å². The van der Waals surface area contributed by atoms with Gasteiger partial charge in [-0.25, -0.2) is 0 Å². The van der Waals surface area contributed by atoms with Gasteiger partial charge in [0.1, 0.15) is 0 Å². The van der Waals surface area contributed by atoms with Crippen LogP contribution < -0.4 is 0 Å². The summed E-state index contributed by atoms with van der Waals surface area (Å²) in [5.41, 5.74) is 3.52. The largest absolute Gasteiger partial charge is 0.392 e. The topological polar surface area (TPSA) is 20.2 Å². The Balaban J connectivity index is 2.17. The van der Waals surface area contributed by atoms with Crippen LogP contribution in [0, 0.1) is 0 Å². The van der Waals surface area contributed by atoms with Gasteiger partial charge in [0.05, 0.1) is 6.61 Å². The quantitative estimate of drug-likeness (QED) is 0.804.